The van der Waals surface area contributed by atoms with Crippen LogP contribution in [0.3, 0.4) is 0 Å². The minimum absolute atomic E-state index is 0.00755. The van der Waals surface area contributed by atoms with Crippen molar-refractivity contribution in [2.75, 3.05) is 19.5 Å². The van der Waals surface area contributed by atoms with E-state index in [4.69, 9.17) is 9.47 Å². The molecular formula is C13H17NO4. The Morgan fingerprint density at radius 1 is 1.17 bits per heavy atom. The molecule has 0 fully saturated rings. The number of ketones is 1. The van der Waals surface area contributed by atoms with E-state index < -0.39 is 0 Å². The molecule has 0 aromatic heterocycles. The molecule has 0 aliphatic carbocycles. The second-order valence-corrected chi connectivity index (χ2v) is 3.82. The Balaban J connectivity index is 2.71. The fourth-order valence-electron chi connectivity index (χ4n) is 1.40. The van der Waals surface area contributed by atoms with Crippen molar-refractivity contribution in [3.8, 4) is 11.5 Å². The summed E-state index contributed by atoms with van der Waals surface area (Å²) in [5.74, 6) is 0.944. The van der Waals surface area contributed by atoms with Crippen molar-refractivity contribution in [1.29, 1.82) is 0 Å². The number of rotatable bonds is 6. The first-order valence-electron chi connectivity index (χ1n) is 5.58. The zero-order chi connectivity index (χ0) is 13.5. The number of carbonyl (C=O) groups is 2. The predicted octanol–water partition coefficient (Wildman–Crippen LogP) is 2.01. The van der Waals surface area contributed by atoms with Crippen LogP contribution in [0.2, 0.25) is 0 Å². The Bertz CT molecular complexity index is 443. The molecule has 1 aromatic rings. The van der Waals surface area contributed by atoms with E-state index in [0.29, 0.717) is 17.2 Å². The molecule has 0 unspecified atom stereocenters. The van der Waals surface area contributed by atoms with Crippen LogP contribution in [0.25, 0.3) is 0 Å². The number of methoxy groups -OCH3 is 2. The van der Waals surface area contributed by atoms with Gasteiger partial charge in [0.25, 0.3) is 0 Å². The Labute approximate surface area is 106 Å². The van der Waals surface area contributed by atoms with Gasteiger partial charge in [-0.2, -0.15) is 0 Å². The molecule has 5 nitrogen and oxygen atoms in total. The van der Waals surface area contributed by atoms with Crippen LogP contribution in [-0.4, -0.2) is 25.9 Å². The van der Waals surface area contributed by atoms with Crippen LogP contribution in [0.4, 0.5) is 5.69 Å². The molecule has 0 radical (unpaired) electrons. The van der Waals surface area contributed by atoms with E-state index in [1.807, 2.05) is 0 Å². The first-order valence-corrected chi connectivity index (χ1v) is 5.58. The van der Waals surface area contributed by atoms with Gasteiger partial charge in [-0.25, -0.2) is 0 Å². The average Bonchev–Trinajstić information content (AvgIpc) is 2.36. The number of carbonyl (C=O) groups excluding carboxylic acids is 2. The van der Waals surface area contributed by atoms with Crippen molar-refractivity contribution in [2.24, 2.45) is 0 Å². The van der Waals surface area contributed by atoms with Gasteiger partial charge in [0.1, 0.15) is 17.3 Å². The van der Waals surface area contributed by atoms with Crippen LogP contribution < -0.4 is 14.8 Å². The minimum atomic E-state index is -0.214. The molecule has 0 bridgehead atoms. The lowest BCUT2D eigenvalue weighted by Gasteiger charge is -2.11. The Hall–Kier alpha value is -2.04. The summed E-state index contributed by atoms with van der Waals surface area (Å²) in [4.78, 5) is 22.4. The number of Topliss-reactive ketones (excluding diaryl/α,β-unsaturated/α-hetero) is 1. The Morgan fingerprint density at radius 2 is 1.89 bits per heavy atom. The number of nitrogens with one attached hydrogen (secondary N) is 1. The number of anilines is 1. The van der Waals surface area contributed by atoms with Gasteiger partial charge >= 0.3 is 0 Å². The first-order chi connectivity index (χ1) is 8.56. The number of benzene rings is 1. The van der Waals surface area contributed by atoms with Crippen molar-refractivity contribution in [3.63, 3.8) is 0 Å². The molecular weight excluding hydrogens is 234 g/mol. The summed E-state index contributed by atoms with van der Waals surface area (Å²) >= 11 is 0. The smallest absolute Gasteiger partial charge is 0.224 e. The predicted molar refractivity (Wildman–Crippen MR) is 68.1 cm³/mol. The minimum Gasteiger partial charge on any atom is -0.497 e. The van der Waals surface area contributed by atoms with E-state index in [1.54, 1.807) is 25.3 Å². The molecule has 0 aliphatic rings. The lowest BCUT2D eigenvalue weighted by molar-refractivity contribution is -0.121. The van der Waals surface area contributed by atoms with Crippen molar-refractivity contribution >= 4 is 17.4 Å². The summed E-state index contributed by atoms with van der Waals surface area (Å²) in [6.45, 7) is 1.46. The molecule has 1 N–H and O–H groups in total. The normalized spacial score (nSPS) is 9.72. The van der Waals surface area contributed by atoms with E-state index in [1.165, 1.54) is 14.0 Å². The Morgan fingerprint density at radius 3 is 2.44 bits per heavy atom. The van der Waals surface area contributed by atoms with Crippen LogP contribution in [0.5, 0.6) is 11.5 Å². The van der Waals surface area contributed by atoms with E-state index in [0.717, 1.165) is 0 Å². The third-order valence-corrected chi connectivity index (χ3v) is 2.39. The standard InChI is InChI=1S/C13H17NO4/c1-9(15)4-7-13(16)14-11-6-5-10(17-2)8-12(11)18-3/h5-6,8H,4,7H2,1-3H3,(H,14,16). The van der Waals surface area contributed by atoms with Gasteiger partial charge in [0.05, 0.1) is 19.9 Å². The van der Waals surface area contributed by atoms with Gasteiger partial charge in [0.2, 0.25) is 5.91 Å². The number of hydrogen-bond acceptors (Lipinski definition) is 4. The molecule has 0 atom stereocenters. The van der Waals surface area contributed by atoms with E-state index in [2.05, 4.69) is 5.32 Å². The molecule has 18 heavy (non-hydrogen) atoms. The van der Waals surface area contributed by atoms with E-state index >= 15 is 0 Å². The van der Waals surface area contributed by atoms with Crippen LogP contribution in [-0.2, 0) is 9.59 Å². The van der Waals surface area contributed by atoms with Crippen LogP contribution in [0.1, 0.15) is 19.8 Å². The zero-order valence-electron chi connectivity index (χ0n) is 10.8. The highest BCUT2D eigenvalue weighted by Crippen LogP contribution is 2.29. The summed E-state index contributed by atoms with van der Waals surface area (Å²) in [5, 5.41) is 2.70. The van der Waals surface area contributed by atoms with Crippen LogP contribution in [0, 0.1) is 0 Å². The second kappa shape index (κ2) is 6.64. The summed E-state index contributed by atoms with van der Waals surface area (Å²) in [5.41, 5.74) is 0.562. The number of hydrogen-bond donors (Lipinski definition) is 1. The Kier molecular flexibility index (Phi) is 5.17. The average molecular weight is 251 g/mol. The molecule has 98 valence electrons. The third kappa shape index (κ3) is 4.08. The van der Waals surface area contributed by atoms with Gasteiger partial charge in [-0.1, -0.05) is 0 Å². The van der Waals surface area contributed by atoms with Gasteiger partial charge in [-0.15, -0.1) is 0 Å². The lowest BCUT2D eigenvalue weighted by atomic mass is 10.2. The SMILES string of the molecule is COc1ccc(NC(=O)CCC(C)=O)c(OC)c1. The van der Waals surface area contributed by atoms with Crippen molar-refractivity contribution < 1.29 is 19.1 Å². The van der Waals surface area contributed by atoms with Crippen molar-refractivity contribution in [1.82, 2.24) is 0 Å². The molecule has 0 spiro atoms. The molecule has 0 aliphatic heterocycles. The highest BCUT2D eigenvalue weighted by atomic mass is 16.5. The maximum Gasteiger partial charge on any atom is 0.224 e. The molecule has 0 saturated carbocycles. The maximum absolute atomic E-state index is 11.6. The van der Waals surface area contributed by atoms with Gasteiger partial charge < -0.3 is 19.6 Å². The fraction of sp³-hybridized carbons (Fsp3) is 0.385. The monoisotopic (exact) mass is 251 g/mol. The summed E-state index contributed by atoms with van der Waals surface area (Å²) in [6.07, 6.45) is 0.412. The molecule has 0 saturated heterocycles. The maximum atomic E-state index is 11.6. The van der Waals surface area contributed by atoms with E-state index in [9.17, 15) is 9.59 Å². The van der Waals surface area contributed by atoms with Crippen LogP contribution in [0.15, 0.2) is 18.2 Å². The van der Waals surface area contributed by atoms with Crippen molar-refractivity contribution in [3.05, 3.63) is 18.2 Å². The summed E-state index contributed by atoms with van der Waals surface area (Å²) < 4.78 is 10.2. The number of amides is 1. The van der Waals surface area contributed by atoms with Gasteiger partial charge in [-0.3, -0.25) is 4.79 Å². The quantitative estimate of drug-likeness (QED) is 0.840. The molecule has 1 aromatic carbocycles. The lowest BCUT2D eigenvalue weighted by Crippen LogP contribution is -2.13. The highest BCUT2D eigenvalue weighted by molar-refractivity contribution is 5.94. The highest BCUT2D eigenvalue weighted by Gasteiger charge is 2.09. The number of ether oxygens (including phenoxy) is 2. The zero-order valence-corrected chi connectivity index (χ0v) is 10.8. The summed E-state index contributed by atoms with van der Waals surface area (Å²) in [6, 6.07) is 5.10. The van der Waals surface area contributed by atoms with E-state index in [-0.39, 0.29) is 24.5 Å². The molecule has 1 rings (SSSR count). The molecule has 0 heterocycles. The van der Waals surface area contributed by atoms with Crippen molar-refractivity contribution in [2.45, 2.75) is 19.8 Å². The fourth-order valence-corrected chi connectivity index (χ4v) is 1.40. The first kappa shape index (κ1) is 14.0. The topological polar surface area (TPSA) is 64.6 Å². The van der Waals surface area contributed by atoms with Gasteiger partial charge in [0, 0.05) is 18.9 Å². The van der Waals surface area contributed by atoms with Gasteiger partial charge in [-0.05, 0) is 19.1 Å². The second-order valence-electron chi connectivity index (χ2n) is 3.82. The molecule has 5 heteroatoms. The van der Waals surface area contributed by atoms with Crippen LogP contribution >= 0.6 is 0 Å². The largest absolute Gasteiger partial charge is 0.497 e. The third-order valence-electron chi connectivity index (χ3n) is 2.39. The van der Waals surface area contributed by atoms with Gasteiger partial charge in [0.15, 0.2) is 0 Å². The molecule has 1 amide bonds. The summed E-state index contributed by atoms with van der Waals surface area (Å²) in [7, 11) is 3.07.